The number of halogens is 2. The van der Waals surface area contributed by atoms with Crippen molar-refractivity contribution in [2.45, 2.75) is 20.4 Å². The lowest BCUT2D eigenvalue weighted by Gasteiger charge is -2.10. The Bertz CT molecular complexity index is 1390. The molecule has 0 saturated carbocycles. The van der Waals surface area contributed by atoms with E-state index in [0.717, 1.165) is 11.6 Å². The van der Waals surface area contributed by atoms with Crippen LogP contribution in [0.15, 0.2) is 79.1 Å². The average Bonchev–Trinajstić information content (AvgIpc) is 3.21. The van der Waals surface area contributed by atoms with Gasteiger partial charge in [-0.2, -0.15) is 0 Å². The molecule has 0 aromatic heterocycles. The Kier molecular flexibility index (Phi) is 5.02. The number of benzene rings is 3. The van der Waals surface area contributed by atoms with Crippen LogP contribution in [-0.4, -0.2) is 14.5 Å². The Morgan fingerprint density at radius 3 is 2.31 bits per heavy atom. The van der Waals surface area contributed by atoms with Crippen LogP contribution in [0.2, 0.25) is 0 Å². The van der Waals surface area contributed by atoms with Gasteiger partial charge in [-0.3, -0.25) is 0 Å². The van der Waals surface area contributed by atoms with E-state index in [-0.39, 0.29) is 11.4 Å². The minimum Gasteiger partial charge on any atom is -0.348 e. The summed E-state index contributed by atoms with van der Waals surface area (Å²) in [5.41, 5.74) is 7.45. The molecule has 2 aliphatic heterocycles. The molecule has 3 aromatic carbocycles. The molecule has 0 N–H and O–H groups in total. The van der Waals surface area contributed by atoms with Crippen LogP contribution < -0.4 is 0 Å². The van der Waals surface area contributed by atoms with Gasteiger partial charge in [0.1, 0.15) is 5.69 Å². The molecule has 0 aliphatic carbocycles. The van der Waals surface area contributed by atoms with Crippen molar-refractivity contribution < 1.29 is 8.78 Å². The van der Waals surface area contributed by atoms with E-state index in [0.29, 0.717) is 17.9 Å². The van der Waals surface area contributed by atoms with Crippen LogP contribution in [0.25, 0.3) is 33.9 Å². The van der Waals surface area contributed by atoms with Crippen molar-refractivity contribution in [2.24, 2.45) is 0 Å². The summed E-state index contributed by atoms with van der Waals surface area (Å²) in [6.45, 7) is 4.91. The fraction of sp³-hybridized carbons (Fsp3) is 0.111. The highest BCUT2D eigenvalue weighted by Crippen LogP contribution is 2.28. The molecule has 2 heterocycles. The number of nitrogens with zero attached hydrogens (tertiary/aromatic N) is 3. The van der Waals surface area contributed by atoms with Crippen molar-refractivity contribution >= 4 is 0 Å². The molecule has 0 spiro atoms. The molecule has 5 rings (SSSR count). The zero-order chi connectivity index (χ0) is 22.2. The third kappa shape index (κ3) is 3.78. The van der Waals surface area contributed by atoms with Gasteiger partial charge in [-0.05, 0) is 59.9 Å². The number of fused-ring (bicyclic) bond motifs is 1. The Hall–Kier alpha value is -3.86. The third-order valence-electron chi connectivity index (χ3n) is 5.78. The summed E-state index contributed by atoms with van der Waals surface area (Å²) in [6.07, 6.45) is 3.79. The maximum atomic E-state index is 14.1. The first kappa shape index (κ1) is 20.1. The number of pyridine rings is 1. The van der Waals surface area contributed by atoms with Gasteiger partial charge < -0.3 is 4.57 Å². The fourth-order valence-electron chi connectivity index (χ4n) is 3.78. The van der Waals surface area contributed by atoms with Crippen LogP contribution in [0.1, 0.15) is 16.7 Å². The molecule has 0 atom stereocenters. The summed E-state index contributed by atoms with van der Waals surface area (Å²) in [5.74, 6) is -1.65. The Morgan fingerprint density at radius 2 is 1.53 bits per heavy atom. The lowest BCUT2D eigenvalue weighted by molar-refractivity contribution is 0.510. The number of aryl methyl sites for hydroxylation is 2. The lowest BCUT2D eigenvalue weighted by Crippen LogP contribution is -2.00. The van der Waals surface area contributed by atoms with Crippen LogP contribution >= 0.6 is 0 Å². The van der Waals surface area contributed by atoms with Crippen molar-refractivity contribution in [2.75, 3.05) is 0 Å². The SMILES string of the molecule is Cc1ccc(-c2ccc(Cn3ccc4nc(-c5cccc(F)c5F)nc-4c3)cc2)cc1C. The number of aromatic nitrogens is 3. The molecule has 0 amide bonds. The number of rotatable bonds is 4. The molecule has 2 aliphatic rings. The Labute approximate surface area is 185 Å². The summed E-state index contributed by atoms with van der Waals surface area (Å²) >= 11 is 0. The minimum atomic E-state index is -0.931. The summed E-state index contributed by atoms with van der Waals surface area (Å²) in [5, 5.41) is 0. The molecular formula is C27H21F2N3. The van der Waals surface area contributed by atoms with Crippen molar-refractivity contribution in [3.63, 3.8) is 0 Å². The van der Waals surface area contributed by atoms with Crippen LogP contribution in [0.3, 0.4) is 0 Å². The summed E-state index contributed by atoms with van der Waals surface area (Å²) < 4.78 is 29.7. The largest absolute Gasteiger partial charge is 0.348 e. The Morgan fingerprint density at radius 1 is 0.781 bits per heavy atom. The molecule has 32 heavy (non-hydrogen) atoms. The highest BCUT2D eigenvalue weighted by atomic mass is 19.2. The number of hydrogen-bond acceptors (Lipinski definition) is 2. The first-order valence-corrected chi connectivity index (χ1v) is 10.4. The van der Waals surface area contributed by atoms with Gasteiger partial charge in [-0.1, -0.05) is 48.5 Å². The van der Waals surface area contributed by atoms with E-state index in [1.54, 1.807) is 0 Å². The van der Waals surface area contributed by atoms with E-state index < -0.39 is 11.6 Å². The maximum absolute atomic E-state index is 14.1. The van der Waals surface area contributed by atoms with Gasteiger partial charge in [0, 0.05) is 18.9 Å². The molecule has 0 unspecified atom stereocenters. The van der Waals surface area contributed by atoms with Gasteiger partial charge in [-0.25, -0.2) is 18.7 Å². The monoisotopic (exact) mass is 425 g/mol. The second kappa shape index (κ2) is 8.00. The second-order valence-corrected chi connectivity index (χ2v) is 8.03. The van der Waals surface area contributed by atoms with Crippen LogP contribution in [0.5, 0.6) is 0 Å². The zero-order valence-corrected chi connectivity index (χ0v) is 17.8. The molecule has 0 fully saturated rings. The van der Waals surface area contributed by atoms with E-state index in [2.05, 4.69) is 66.3 Å². The van der Waals surface area contributed by atoms with Crippen molar-refractivity contribution in [1.82, 2.24) is 14.5 Å². The normalized spacial score (nSPS) is 11.2. The van der Waals surface area contributed by atoms with Crippen molar-refractivity contribution in [3.8, 4) is 33.9 Å². The van der Waals surface area contributed by atoms with E-state index in [9.17, 15) is 8.78 Å². The van der Waals surface area contributed by atoms with Gasteiger partial charge in [0.2, 0.25) is 0 Å². The van der Waals surface area contributed by atoms with Crippen molar-refractivity contribution in [1.29, 1.82) is 0 Å². The quantitative estimate of drug-likeness (QED) is 0.322. The number of imidazole rings is 1. The fourth-order valence-corrected chi connectivity index (χ4v) is 3.78. The topological polar surface area (TPSA) is 30.7 Å². The first-order chi connectivity index (χ1) is 15.5. The minimum absolute atomic E-state index is 0.0645. The van der Waals surface area contributed by atoms with E-state index >= 15 is 0 Å². The standard InChI is InChI=1S/C27H21F2N3/c1-17-6-9-21(14-18(17)2)20-10-7-19(8-11-20)15-32-13-12-24-25(16-32)31-27(30-24)22-4-3-5-23(28)26(22)29/h3-14,16H,15H2,1-2H3. The molecule has 5 heteroatoms. The Balaban J connectivity index is 1.39. The van der Waals surface area contributed by atoms with Crippen LogP contribution in [0.4, 0.5) is 8.78 Å². The predicted octanol–water partition coefficient (Wildman–Crippen LogP) is 6.66. The maximum Gasteiger partial charge on any atom is 0.169 e. The average molecular weight is 425 g/mol. The molecule has 0 saturated heterocycles. The summed E-state index contributed by atoms with van der Waals surface area (Å²) in [7, 11) is 0. The van der Waals surface area contributed by atoms with E-state index in [1.807, 2.05) is 23.0 Å². The molecule has 3 aromatic rings. The number of hydrogen-bond donors (Lipinski definition) is 0. The van der Waals surface area contributed by atoms with Gasteiger partial charge in [0.05, 0.1) is 11.3 Å². The summed E-state index contributed by atoms with van der Waals surface area (Å²) in [6, 6.07) is 20.9. The molecule has 0 radical (unpaired) electrons. The molecule has 3 nitrogen and oxygen atoms in total. The molecular weight excluding hydrogens is 404 g/mol. The van der Waals surface area contributed by atoms with Gasteiger partial charge in [-0.15, -0.1) is 0 Å². The van der Waals surface area contributed by atoms with Crippen molar-refractivity contribution in [3.05, 3.63) is 107 Å². The smallest absolute Gasteiger partial charge is 0.169 e. The molecule has 158 valence electrons. The van der Waals surface area contributed by atoms with E-state index in [4.69, 9.17) is 0 Å². The second-order valence-electron chi connectivity index (χ2n) is 8.03. The summed E-state index contributed by atoms with van der Waals surface area (Å²) in [4.78, 5) is 8.78. The highest BCUT2D eigenvalue weighted by molar-refractivity contribution is 5.66. The van der Waals surface area contributed by atoms with E-state index in [1.165, 1.54) is 34.4 Å². The zero-order valence-electron chi connectivity index (χ0n) is 17.8. The molecule has 0 bridgehead atoms. The van der Waals surface area contributed by atoms with Gasteiger partial charge in [0.15, 0.2) is 17.5 Å². The lowest BCUT2D eigenvalue weighted by atomic mass is 9.99. The van der Waals surface area contributed by atoms with Gasteiger partial charge >= 0.3 is 0 Å². The highest BCUT2D eigenvalue weighted by Gasteiger charge is 2.17. The third-order valence-corrected chi connectivity index (χ3v) is 5.78. The van der Waals surface area contributed by atoms with Gasteiger partial charge in [0.25, 0.3) is 0 Å². The predicted molar refractivity (Wildman–Crippen MR) is 122 cm³/mol. The van der Waals surface area contributed by atoms with Crippen LogP contribution in [0, 0.1) is 25.5 Å². The first-order valence-electron chi connectivity index (χ1n) is 10.4. The van der Waals surface area contributed by atoms with Crippen LogP contribution in [-0.2, 0) is 6.54 Å².